The number of hydrogen-bond donors (Lipinski definition) is 1. The normalized spacial score (nSPS) is 11.5. The lowest BCUT2D eigenvalue weighted by Gasteiger charge is -2.17. The molecule has 2 N–H and O–H groups in total. The summed E-state index contributed by atoms with van der Waals surface area (Å²) in [6.07, 6.45) is 1.34. The summed E-state index contributed by atoms with van der Waals surface area (Å²) >= 11 is 0. The van der Waals surface area contributed by atoms with Gasteiger partial charge in [0.2, 0.25) is 0 Å². The van der Waals surface area contributed by atoms with Gasteiger partial charge in [0.1, 0.15) is 0 Å². The molecule has 0 aliphatic rings. The van der Waals surface area contributed by atoms with E-state index in [1.807, 2.05) is 38.1 Å². The maximum atomic E-state index is 11.8. The van der Waals surface area contributed by atoms with Crippen LogP contribution in [0.25, 0.3) is 0 Å². The van der Waals surface area contributed by atoms with Gasteiger partial charge >= 0.3 is 0 Å². The fraction of sp³-hybridized carbons (Fsp3) is 0.462. The summed E-state index contributed by atoms with van der Waals surface area (Å²) in [5, 5.41) is 0. The molecule has 0 saturated carbocycles. The lowest BCUT2D eigenvalue weighted by atomic mass is 9.94. The number of benzene rings is 1. The molecule has 0 radical (unpaired) electrons. The largest absolute Gasteiger partial charge is 0.325 e. The number of rotatable bonds is 4. The Labute approximate surface area is 91.5 Å². The first-order valence-corrected chi connectivity index (χ1v) is 5.33. The first-order chi connectivity index (χ1) is 6.92. The van der Waals surface area contributed by atoms with Gasteiger partial charge in [0, 0.05) is 17.5 Å². The van der Waals surface area contributed by atoms with Crippen LogP contribution in [0.4, 0.5) is 0 Å². The SMILES string of the molecule is CCc1cccc(C(=O)CC(C)(C)N)c1. The van der Waals surface area contributed by atoms with Crippen molar-refractivity contribution in [2.75, 3.05) is 0 Å². The van der Waals surface area contributed by atoms with Gasteiger partial charge < -0.3 is 5.73 Å². The molecule has 0 aromatic heterocycles. The number of aryl methyl sites for hydroxylation is 1. The molecule has 0 amide bonds. The van der Waals surface area contributed by atoms with E-state index in [0.717, 1.165) is 12.0 Å². The number of carbonyl (C=O) groups is 1. The number of hydrogen-bond acceptors (Lipinski definition) is 2. The maximum absolute atomic E-state index is 11.8. The zero-order valence-corrected chi connectivity index (χ0v) is 9.71. The lowest BCUT2D eigenvalue weighted by molar-refractivity contribution is 0.0960. The van der Waals surface area contributed by atoms with Crippen LogP contribution in [0.15, 0.2) is 24.3 Å². The average molecular weight is 205 g/mol. The average Bonchev–Trinajstić information content (AvgIpc) is 2.15. The molecule has 1 rings (SSSR count). The zero-order chi connectivity index (χ0) is 11.5. The van der Waals surface area contributed by atoms with E-state index < -0.39 is 5.54 Å². The molecule has 82 valence electrons. The smallest absolute Gasteiger partial charge is 0.164 e. The predicted octanol–water partition coefficient (Wildman–Crippen LogP) is 2.56. The van der Waals surface area contributed by atoms with E-state index in [1.54, 1.807) is 0 Å². The Morgan fingerprint density at radius 2 is 2.07 bits per heavy atom. The number of nitrogens with two attached hydrogens (primary N) is 1. The van der Waals surface area contributed by atoms with Gasteiger partial charge in [0.25, 0.3) is 0 Å². The predicted molar refractivity (Wildman–Crippen MR) is 63.0 cm³/mol. The highest BCUT2D eigenvalue weighted by Gasteiger charge is 2.17. The molecule has 1 aromatic carbocycles. The van der Waals surface area contributed by atoms with Crippen molar-refractivity contribution in [3.8, 4) is 0 Å². The van der Waals surface area contributed by atoms with Crippen LogP contribution in [0.3, 0.4) is 0 Å². The van der Waals surface area contributed by atoms with Crippen molar-refractivity contribution in [1.82, 2.24) is 0 Å². The second-order valence-electron chi connectivity index (χ2n) is 4.64. The fourth-order valence-corrected chi connectivity index (χ4v) is 1.48. The van der Waals surface area contributed by atoms with Crippen molar-refractivity contribution in [3.05, 3.63) is 35.4 Å². The van der Waals surface area contributed by atoms with E-state index in [-0.39, 0.29) is 5.78 Å². The van der Waals surface area contributed by atoms with Crippen LogP contribution in [0.5, 0.6) is 0 Å². The molecule has 15 heavy (non-hydrogen) atoms. The molecular formula is C13H19NO. The number of Topliss-reactive ketones (excluding diaryl/α,β-unsaturated/α-hetero) is 1. The van der Waals surface area contributed by atoms with E-state index in [0.29, 0.717) is 6.42 Å². The third-order valence-electron chi connectivity index (χ3n) is 2.27. The highest BCUT2D eigenvalue weighted by Crippen LogP contribution is 2.13. The standard InChI is InChI=1S/C13H19NO/c1-4-10-6-5-7-11(8-10)12(15)9-13(2,3)14/h5-8H,4,9,14H2,1-3H3. The summed E-state index contributed by atoms with van der Waals surface area (Å²) in [6, 6.07) is 7.77. The van der Waals surface area contributed by atoms with Crippen LogP contribution in [0.2, 0.25) is 0 Å². The summed E-state index contributed by atoms with van der Waals surface area (Å²) < 4.78 is 0. The van der Waals surface area contributed by atoms with Crippen LogP contribution in [-0.4, -0.2) is 11.3 Å². The van der Waals surface area contributed by atoms with Crippen molar-refractivity contribution in [2.24, 2.45) is 5.73 Å². The summed E-state index contributed by atoms with van der Waals surface area (Å²) in [4.78, 5) is 11.8. The van der Waals surface area contributed by atoms with Crippen LogP contribution >= 0.6 is 0 Å². The molecule has 0 fully saturated rings. The van der Waals surface area contributed by atoms with E-state index >= 15 is 0 Å². The summed E-state index contributed by atoms with van der Waals surface area (Å²) in [5.74, 6) is 0.123. The minimum atomic E-state index is -0.431. The molecular weight excluding hydrogens is 186 g/mol. The maximum Gasteiger partial charge on any atom is 0.164 e. The Bertz CT molecular complexity index is 350. The van der Waals surface area contributed by atoms with Crippen molar-refractivity contribution < 1.29 is 4.79 Å². The van der Waals surface area contributed by atoms with E-state index in [1.165, 1.54) is 5.56 Å². The summed E-state index contributed by atoms with van der Waals surface area (Å²) in [7, 11) is 0. The highest BCUT2D eigenvalue weighted by molar-refractivity contribution is 5.96. The van der Waals surface area contributed by atoms with Gasteiger partial charge in [0.15, 0.2) is 5.78 Å². The van der Waals surface area contributed by atoms with E-state index in [9.17, 15) is 4.79 Å². The molecule has 0 saturated heterocycles. The molecule has 0 aliphatic heterocycles. The molecule has 1 aromatic rings. The topological polar surface area (TPSA) is 43.1 Å². The molecule has 0 bridgehead atoms. The van der Waals surface area contributed by atoms with Gasteiger partial charge in [-0.05, 0) is 31.9 Å². The second-order valence-corrected chi connectivity index (χ2v) is 4.64. The quantitative estimate of drug-likeness (QED) is 0.768. The minimum Gasteiger partial charge on any atom is -0.325 e. The Morgan fingerprint density at radius 1 is 1.40 bits per heavy atom. The van der Waals surface area contributed by atoms with Gasteiger partial charge in [-0.1, -0.05) is 25.1 Å². The van der Waals surface area contributed by atoms with Gasteiger partial charge in [-0.15, -0.1) is 0 Å². The van der Waals surface area contributed by atoms with E-state index in [4.69, 9.17) is 5.73 Å². The number of carbonyl (C=O) groups excluding carboxylic acids is 1. The summed E-state index contributed by atoms with van der Waals surface area (Å²) in [6.45, 7) is 5.82. The Hall–Kier alpha value is -1.15. The molecule has 0 heterocycles. The lowest BCUT2D eigenvalue weighted by Crippen LogP contribution is -2.34. The molecule has 0 atom stereocenters. The van der Waals surface area contributed by atoms with Crippen molar-refractivity contribution in [1.29, 1.82) is 0 Å². The van der Waals surface area contributed by atoms with Crippen molar-refractivity contribution in [2.45, 2.75) is 39.2 Å². The Kier molecular flexibility index (Phi) is 3.64. The third-order valence-corrected chi connectivity index (χ3v) is 2.27. The van der Waals surface area contributed by atoms with Crippen molar-refractivity contribution in [3.63, 3.8) is 0 Å². The van der Waals surface area contributed by atoms with Crippen molar-refractivity contribution >= 4 is 5.78 Å². The van der Waals surface area contributed by atoms with Crippen LogP contribution in [0, 0.1) is 0 Å². The Morgan fingerprint density at radius 3 is 2.60 bits per heavy atom. The van der Waals surface area contributed by atoms with Crippen LogP contribution in [-0.2, 0) is 6.42 Å². The molecule has 0 unspecified atom stereocenters. The van der Waals surface area contributed by atoms with Gasteiger partial charge in [-0.3, -0.25) is 4.79 Å². The Balaban J connectivity index is 2.82. The zero-order valence-electron chi connectivity index (χ0n) is 9.71. The second kappa shape index (κ2) is 4.58. The fourth-order valence-electron chi connectivity index (χ4n) is 1.48. The first-order valence-electron chi connectivity index (χ1n) is 5.33. The highest BCUT2D eigenvalue weighted by atomic mass is 16.1. The molecule has 0 spiro atoms. The first kappa shape index (κ1) is 11.9. The number of ketones is 1. The van der Waals surface area contributed by atoms with Gasteiger partial charge in [0.05, 0.1) is 0 Å². The van der Waals surface area contributed by atoms with E-state index in [2.05, 4.69) is 6.92 Å². The van der Waals surface area contributed by atoms with Crippen LogP contribution in [0.1, 0.15) is 43.1 Å². The van der Waals surface area contributed by atoms with Crippen LogP contribution < -0.4 is 5.73 Å². The molecule has 2 nitrogen and oxygen atoms in total. The monoisotopic (exact) mass is 205 g/mol. The van der Waals surface area contributed by atoms with Gasteiger partial charge in [-0.25, -0.2) is 0 Å². The molecule has 2 heteroatoms. The summed E-state index contributed by atoms with van der Waals surface area (Å²) in [5.41, 5.74) is 7.35. The minimum absolute atomic E-state index is 0.123. The molecule has 0 aliphatic carbocycles. The van der Waals surface area contributed by atoms with Gasteiger partial charge in [-0.2, -0.15) is 0 Å². The third kappa shape index (κ3) is 3.84.